The first-order valence-corrected chi connectivity index (χ1v) is 11.1. The van der Waals surface area contributed by atoms with Gasteiger partial charge in [0.15, 0.2) is 0 Å². The number of carbonyl (C=O) groups excluding carboxylic acids is 2. The van der Waals surface area contributed by atoms with Crippen LogP contribution < -0.4 is 0 Å². The standard InChI is InChI=1S/C24H26N2O3S/c1-16(24(28)29-2)30-22-10-6-4-8-19(22)23(27)26-13-11-17(12-14-26)20-15-25-21-9-5-3-7-18(20)21/h3-10,15-17,25H,11-14H2,1-2H3. The van der Waals surface area contributed by atoms with E-state index in [1.165, 1.54) is 29.8 Å². The fourth-order valence-corrected chi connectivity index (χ4v) is 5.16. The van der Waals surface area contributed by atoms with Crippen molar-refractivity contribution in [3.8, 4) is 0 Å². The van der Waals surface area contributed by atoms with Gasteiger partial charge < -0.3 is 14.6 Å². The number of benzene rings is 2. The molecule has 0 aliphatic carbocycles. The molecule has 156 valence electrons. The number of hydrogen-bond donors (Lipinski definition) is 1. The summed E-state index contributed by atoms with van der Waals surface area (Å²) < 4.78 is 4.82. The van der Waals surface area contributed by atoms with Crippen molar-refractivity contribution in [1.82, 2.24) is 9.88 Å². The maximum absolute atomic E-state index is 13.2. The first-order valence-electron chi connectivity index (χ1n) is 10.3. The minimum absolute atomic E-state index is 0.0348. The van der Waals surface area contributed by atoms with Crippen LogP contribution in [-0.2, 0) is 9.53 Å². The summed E-state index contributed by atoms with van der Waals surface area (Å²) in [5, 5.41) is 0.914. The number of ether oxygens (including phenoxy) is 1. The Bertz CT molecular complexity index is 1050. The van der Waals surface area contributed by atoms with E-state index in [9.17, 15) is 9.59 Å². The number of amides is 1. The topological polar surface area (TPSA) is 62.4 Å². The number of nitrogens with one attached hydrogen (secondary N) is 1. The van der Waals surface area contributed by atoms with Gasteiger partial charge in [-0.05, 0) is 49.4 Å². The number of aromatic nitrogens is 1. The lowest BCUT2D eigenvalue weighted by atomic mass is 9.89. The Morgan fingerprint density at radius 3 is 2.57 bits per heavy atom. The largest absolute Gasteiger partial charge is 0.468 e. The van der Waals surface area contributed by atoms with Crippen LogP contribution in [0.5, 0.6) is 0 Å². The predicted molar refractivity (Wildman–Crippen MR) is 120 cm³/mol. The number of H-pyrrole nitrogens is 1. The number of esters is 1. The number of para-hydroxylation sites is 1. The molecular formula is C24H26N2O3S. The van der Waals surface area contributed by atoms with Crippen LogP contribution in [0.1, 0.15) is 41.6 Å². The zero-order valence-electron chi connectivity index (χ0n) is 17.3. The van der Waals surface area contributed by atoms with E-state index >= 15 is 0 Å². The van der Waals surface area contributed by atoms with Crippen molar-refractivity contribution in [2.45, 2.75) is 35.8 Å². The van der Waals surface area contributed by atoms with Gasteiger partial charge >= 0.3 is 5.97 Å². The van der Waals surface area contributed by atoms with Crippen molar-refractivity contribution >= 4 is 34.5 Å². The summed E-state index contributed by atoms with van der Waals surface area (Å²) in [6, 6.07) is 15.9. The molecule has 1 aliphatic rings. The first-order chi connectivity index (χ1) is 14.6. The average Bonchev–Trinajstić information content (AvgIpc) is 3.22. The molecule has 5 nitrogen and oxygen atoms in total. The zero-order valence-corrected chi connectivity index (χ0v) is 18.1. The van der Waals surface area contributed by atoms with Crippen LogP contribution >= 0.6 is 11.8 Å². The number of nitrogens with zero attached hydrogens (tertiary/aromatic N) is 1. The Labute approximate surface area is 180 Å². The molecule has 1 fully saturated rings. The summed E-state index contributed by atoms with van der Waals surface area (Å²) in [6.45, 7) is 3.26. The summed E-state index contributed by atoms with van der Waals surface area (Å²) in [5.41, 5.74) is 3.17. The second-order valence-electron chi connectivity index (χ2n) is 7.64. The van der Waals surface area contributed by atoms with Crippen molar-refractivity contribution in [2.24, 2.45) is 0 Å². The molecular weight excluding hydrogens is 396 g/mol. The van der Waals surface area contributed by atoms with Crippen molar-refractivity contribution in [3.05, 3.63) is 65.9 Å². The van der Waals surface area contributed by atoms with E-state index in [4.69, 9.17) is 4.74 Å². The number of carbonyl (C=O) groups is 2. The quantitative estimate of drug-likeness (QED) is 0.472. The van der Waals surface area contributed by atoms with Gasteiger partial charge in [-0.15, -0.1) is 11.8 Å². The van der Waals surface area contributed by atoms with Crippen molar-refractivity contribution in [3.63, 3.8) is 0 Å². The molecule has 30 heavy (non-hydrogen) atoms. The SMILES string of the molecule is COC(=O)C(C)Sc1ccccc1C(=O)N1CCC(c2c[nH]c3ccccc23)CC1. The predicted octanol–water partition coefficient (Wildman–Crippen LogP) is 4.84. The maximum atomic E-state index is 13.2. The highest BCUT2D eigenvalue weighted by Gasteiger charge is 2.28. The number of fused-ring (bicyclic) bond motifs is 1. The number of hydrogen-bond acceptors (Lipinski definition) is 4. The molecule has 3 aromatic rings. The normalized spacial score (nSPS) is 15.9. The van der Waals surface area contributed by atoms with Gasteiger partial charge in [-0.2, -0.15) is 0 Å². The van der Waals surface area contributed by atoms with Gasteiger partial charge in [0.1, 0.15) is 5.25 Å². The molecule has 1 N–H and O–H groups in total. The number of likely N-dealkylation sites (tertiary alicyclic amines) is 1. The van der Waals surface area contributed by atoms with Crippen LogP contribution in [0.25, 0.3) is 10.9 Å². The van der Waals surface area contributed by atoms with E-state index in [2.05, 4.69) is 29.4 Å². The Kier molecular flexibility index (Phi) is 6.13. The molecule has 1 saturated heterocycles. The highest BCUT2D eigenvalue weighted by molar-refractivity contribution is 8.00. The van der Waals surface area contributed by atoms with Crippen molar-refractivity contribution < 1.29 is 14.3 Å². The molecule has 0 saturated carbocycles. The minimum atomic E-state index is -0.364. The Hall–Kier alpha value is -2.73. The van der Waals surface area contributed by atoms with Crippen LogP contribution in [0.2, 0.25) is 0 Å². The van der Waals surface area contributed by atoms with Gasteiger partial charge in [-0.3, -0.25) is 9.59 Å². The van der Waals surface area contributed by atoms with Gasteiger partial charge in [0, 0.05) is 35.1 Å². The van der Waals surface area contributed by atoms with Crippen LogP contribution in [0.15, 0.2) is 59.6 Å². The van der Waals surface area contributed by atoms with Gasteiger partial charge in [-0.25, -0.2) is 0 Å². The summed E-state index contributed by atoms with van der Waals surface area (Å²) >= 11 is 1.37. The van der Waals surface area contributed by atoms with E-state index in [1.54, 1.807) is 6.92 Å². The highest BCUT2D eigenvalue weighted by atomic mass is 32.2. The molecule has 0 bridgehead atoms. The van der Waals surface area contributed by atoms with Crippen molar-refractivity contribution in [2.75, 3.05) is 20.2 Å². The highest BCUT2D eigenvalue weighted by Crippen LogP contribution is 2.34. The van der Waals surface area contributed by atoms with E-state index in [0.29, 0.717) is 11.5 Å². The third kappa shape index (κ3) is 4.10. The molecule has 1 amide bonds. The molecule has 0 spiro atoms. The first kappa shape index (κ1) is 20.5. The fraction of sp³-hybridized carbons (Fsp3) is 0.333. The molecule has 1 aliphatic heterocycles. The second kappa shape index (κ2) is 8.96. The Morgan fingerprint density at radius 1 is 1.10 bits per heavy atom. The number of piperidine rings is 1. The lowest BCUT2D eigenvalue weighted by Crippen LogP contribution is -2.38. The molecule has 6 heteroatoms. The van der Waals surface area contributed by atoms with E-state index in [1.807, 2.05) is 35.2 Å². The molecule has 0 radical (unpaired) electrons. The third-order valence-electron chi connectivity index (χ3n) is 5.80. The zero-order chi connectivity index (χ0) is 21.1. The fourth-order valence-electron chi connectivity index (χ4n) is 4.15. The van der Waals surface area contributed by atoms with E-state index < -0.39 is 0 Å². The smallest absolute Gasteiger partial charge is 0.318 e. The van der Waals surface area contributed by atoms with Gasteiger partial charge in [0.25, 0.3) is 5.91 Å². The monoisotopic (exact) mass is 422 g/mol. The summed E-state index contributed by atoms with van der Waals surface area (Å²) in [6.07, 6.45) is 4.01. The summed E-state index contributed by atoms with van der Waals surface area (Å²) in [7, 11) is 1.38. The molecule has 2 heterocycles. The second-order valence-corrected chi connectivity index (χ2v) is 9.02. The number of methoxy groups -OCH3 is 1. The molecule has 1 aromatic heterocycles. The minimum Gasteiger partial charge on any atom is -0.468 e. The van der Waals surface area contributed by atoms with Gasteiger partial charge in [-0.1, -0.05) is 30.3 Å². The molecule has 4 rings (SSSR count). The van der Waals surface area contributed by atoms with Gasteiger partial charge in [0.05, 0.1) is 12.7 Å². The summed E-state index contributed by atoms with van der Waals surface area (Å²) in [5.74, 6) is 0.198. The number of aromatic amines is 1. The Morgan fingerprint density at radius 2 is 1.80 bits per heavy atom. The number of thioether (sulfide) groups is 1. The van der Waals surface area contributed by atoms with Crippen LogP contribution in [0, 0.1) is 0 Å². The van der Waals surface area contributed by atoms with E-state index in [0.717, 1.165) is 36.3 Å². The molecule has 2 aromatic carbocycles. The molecule has 1 unspecified atom stereocenters. The maximum Gasteiger partial charge on any atom is 0.318 e. The Balaban J connectivity index is 1.45. The third-order valence-corrected chi connectivity index (χ3v) is 6.95. The number of rotatable bonds is 5. The lowest BCUT2D eigenvalue weighted by molar-refractivity contribution is -0.139. The van der Waals surface area contributed by atoms with Crippen LogP contribution in [-0.4, -0.2) is 47.2 Å². The van der Waals surface area contributed by atoms with Crippen LogP contribution in [0.3, 0.4) is 0 Å². The lowest BCUT2D eigenvalue weighted by Gasteiger charge is -2.32. The van der Waals surface area contributed by atoms with Gasteiger partial charge in [0.2, 0.25) is 0 Å². The van der Waals surface area contributed by atoms with E-state index in [-0.39, 0.29) is 17.1 Å². The van der Waals surface area contributed by atoms with Crippen molar-refractivity contribution in [1.29, 1.82) is 0 Å². The molecule has 1 atom stereocenters. The average molecular weight is 423 g/mol. The summed E-state index contributed by atoms with van der Waals surface area (Å²) in [4.78, 5) is 31.2. The van der Waals surface area contributed by atoms with Crippen LogP contribution in [0.4, 0.5) is 0 Å².